The van der Waals surface area contributed by atoms with Crippen molar-refractivity contribution >= 4 is 23.0 Å². The third-order valence-corrected chi connectivity index (χ3v) is 3.45. The van der Waals surface area contributed by atoms with Gasteiger partial charge in [-0.2, -0.15) is 0 Å². The second kappa shape index (κ2) is 8.24. The monoisotopic (exact) mass is 328 g/mol. The van der Waals surface area contributed by atoms with E-state index in [2.05, 4.69) is 10.6 Å². The molecule has 0 bridgehead atoms. The van der Waals surface area contributed by atoms with Crippen molar-refractivity contribution in [3.63, 3.8) is 0 Å². The van der Waals surface area contributed by atoms with Gasteiger partial charge in [0.1, 0.15) is 11.5 Å². The van der Waals surface area contributed by atoms with Crippen LogP contribution in [0, 0.1) is 5.92 Å². The minimum atomic E-state index is 0.0301. The van der Waals surface area contributed by atoms with E-state index in [1.54, 1.807) is 14.2 Å². The molecule has 0 unspecified atom stereocenters. The Hall–Kier alpha value is -2.69. The number of ether oxygens (including phenoxy) is 2. The highest BCUT2D eigenvalue weighted by molar-refractivity contribution is 5.91. The Morgan fingerprint density at radius 1 is 1.00 bits per heavy atom. The molecule has 0 aromatic heterocycles. The van der Waals surface area contributed by atoms with Gasteiger partial charge in [-0.15, -0.1) is 0 Å². The van der Waals surface area contributed by atoms with Gasteiger partial charge in [0, 0.05) is 23.9 Å². The molecule has 0 aliphatic rings. The highest BCUT2D eigenvalue weighted by Gasteiger charge is 2.07. The molecular formula is C19H24N2O3. The minimum Gasteiger partial charge on any atom is -0.497 e. The fourth-order valence-electron chi connectivity index (χ4n) is 2.28. The Labute approximate surface area is 143 Å². The van der Waals surface area contributed by atoms with Gasteiger partial charge in [0.25, 0.3) is 0 Å². The average Bonchev–Trinajstić information content (AvgIpc) is 2.56. The highest BCUT2D eigenvalue weighted by atomic mass is 16.5. The van der Waals surface area contributed by atoms with Gasteiger partial charge in [-0.3, -0.25) is 4.79 Å². The summed E-state index contributed by atoms with van der Waals surface area (Å²) in [6, 6.07) is 13.2. The van der Waals surface area contributed by atoms with Crippen LogP contribution in [0.2, 0.25) is 0 Å². The summed E-state index contributed by atoms with van der Waals surface area (Å²) in [7, 11) is 3.24. The third kappa shape index (κ3) is 4.91. The van der Waals surface area contributed by atoms with Crippen molar-refractivity contribution in [2.24, 2.45) is 5.92 Å². The van der Waals surface area contributed by atoms with E-state index in [9.17, 15) is 4.79 Å². The maximum atomic E-state index is 11.8. The van der Waals surface area contributed by atoms with Crippen LogP contribution in [0.5, 0.6) is 11.5 Å². The molecule has 128 valence electrons. The maximum Gasteiger partial charge on any atom is 0.224 e. The number of anilines is 3. The van der Waals surface area contributed by atoms with Crippen LogP contribution in [-0.2, 0) is 4.79 Å². The molecule has 0 radical (unpaired) electrons. The molecule has 1 amide bonds. The lowest BCUT2D eigenvalue weighted by atomic mass is 10.1. The molecule has 2 rings (SSSR count). The number of hydrogen-bond acceptors (Lipinski definition) is 4. The molecule has 0 fully saturated rings. The van der Waals surface area contributed by atoms with Crippen LogP contribution in [0.3, 0.4) is 0 Å². The molecule has 0 aliphatic heterocycles. The predicted molar refractivity (Wildman–Crippen MR) is 97.4 cm³/mol. The Kier molecular flexibility index (Phi) is 6.07. The Morgan fingerprint density at radius 3 is 2.25 bits per heavy atom. The number of nitrogens with one attached hydrogen (secondary N) is 2. The first-order valence-corrected chi connectivity index (χ1v) is 7.90. The highest BCUT2D eigenvalue weighted by Crippen LogP contribution is 2.31. The lowest BCUT2D eigenvalue weighted by Gasteiger charge is -2.13. The number of benzene rings is 2. The van der Waals surface area contributed by atoms with E-state index in [-0.39, 0.29) is 5.91 Å². The van der Waals surface area contributed by atoms with Gasteiger partial charge in [0.05, 0.1) is 19.9 Å². The summed E-state index contributed by atoms with van der Waals surface area (Å²) in [5.41, 5.74) is 2.53. The Balaban J connectivity index is 2.05. The number of carbonyl (C=O) groups is 1. The zero-order chi connectivity index (χ0) is 17.5. The SMILES string of the molecule is COc1ccc(Nc2ccc(NC(=O)CC(C)C)cc2)c(OC)c1. The molecule has 5 nitrogen and oxygen atoms in total. The average molecular weight is 328 g/mol. The Bertz CT molecular complexity index is 682. The van der Waals surface area contributed by atoms with Gasteiger partial charge < -0.3 is 20.1 Å². The van der Waals surface area contributed by atoms with Crippen molar-refractivity contribution < 1.29 is 14.3 Å². The van der Waals surface area contributed by atoms with Crippen LogP contribution in [-0.4, -0.2) is 20.1 Å². The second-order valence-electron chi connectivity index (χ2n) is 5.91. The van der Waals surface area contributed by atoms with Gasteiger partial charge in [0.15, 0.2) is 0 Å². The summed E-state index contributed by atoms with van der Waals surface area (Å²) in [6.07, 6.45) is 0.517. The van der Waals surface area contributed by atoms with Crippen molar-refractivity contribution in [2.45, 2.75) is 20.3 Å². The van der Waals surface area contributed by atoms with Crippen molar-refractivity contribution in [1.82, 2.24) is 0 Å². The molecule has 2 N–H and O–H groups in total. The van der Waals surface area contributed by atoms with E-state index in [1.165, 1.54) is 0 Å². The molecule has 0 aliphatic carbocycles. The van der Waals surface area contributed by atoms with Crippen molar-refractivity contribution in [2.75, 3.05) is 24.9 Å². The molecule has 2 aromatic rings. The normalized spacial score (nSPS) is 10.4. The topological polar surface area (TPSA) is 59.6 Å². The fraction of sp³-hybridized carbons (Fsp3) is 0.316. The molecule has 0 saturated carbocycles. The molecule has 2 aromatic carbocycles. The quantitative estimate of drug-likeness (QED) is 0.789. The molecule has 0 saturated heterocycles. The van der Waals surface area contributed by atoms with E-state index in [1.807, 2.05) is 56.3 Å². The summed E-state index contributed by atoms with van der Waals surface area (Å²) in [5.74, 6) is 1.81. The minimum absolute atomic E-state index is 0.0301. The second-order valence-corrected chi connectivity index (χ2v) is 5.91. The number of carbonyl (C=O) groups excluding carboxylic acids is 1. The van der Waals surface area contributed by atoms with Crippen molar-refractivity contribution in [3.8, 4) is 11.5 Å². The standard InChI is InChI=1S/C19H24N2O3/c1-13(2)11-19(22)21-15-7-5-14(6-8-15)20-17-10-9-16(23-3)12-18(17)24-4/h5-10,12-13,20H,11H2,1-4H3,(H,21,22). The van der Waals surface area contributed by atoms with Gasteiger partial charge >= 0.3 is 0 Å². The lowest BCUT2D eigenvalue weighted by molar-refractivity contribution is -0.116. The van der Waals surface area contributed by atoms with Gasteiger partial charge in [0.2, 0.25) is 5.91 Å². The summed E-state index contributed by atoms with van der Waals surface area (Å²) in [6.45, 7) is 4.05. The number of methoxy groups -OCH3 is 2. The summed E-state index contributed by atoms with van der Waals surface area (Å²) < 4.78 is 10.6. The number of rotatable bonds is 7. The summed E-state index contributed by atoms with van der Waals surface area (Å²) in [5, 5.41) is 6.19. The molecular weight excluding hydrogens is 304 g/mol. The molecule has 0 heterocycles. The van der Waals surface area contributed by atoms with E-state index < -0.39 is 0 Å². The summed E-state index contributed by atoms with van der Waals surface area (Å²) in [4.78, 5) is 11.8. The zero-order valence-corrected chi connectivity index (χ0v) is 14.6. The number of amides is 1. The van der Waals surface area contributed by atoms with Crippen LogP contribution in [0.4, 0.5) is 17.1 Å². The largest absolute Gasteiger partial charge is 0.497 e. The first-order chi connectivity index (χ1) is 11.5. The van der Waals surface area contributed by atoms with Crippen molar-refractivity contribution in [1.29, 1.82) is 0 Å². The molecule has 5 heteroatoms. The van der Waals surface area contributed by atoms with E-state index >= 15 is 0 Å². The predicted octanol–water partition coefficient (Wildman–Crippen LogP) is 4.43. The first-order valence-electron chi connectivity index (χ1n) is 7.90. The van der Waals surface area contributed by atoms with Crippen LogP contribution in [0.1, 0.15) is 20.3 Å². The fourth-order valence-corrected chi connectivity index (χ4v) is 2.28. The lowest BCUT2D eigenvalue weighted by Crippen LogP contribution is -2.13. The molecule has 0 atom stereocenters. The van der Waals surface area contributed by atoms with Crippen LogP contribution >= 0.6 is 0 Å². The smallest absolute Gasteiger partial charge is 0.224 e. The van der Waals surface area contributed by atoms with E-state index in [0.717, 1.165) is 22.8 Å². The zero-order valence-electron chi connectivity index (χ0n) is 14.6. The summed E-state index contributed by atoms with van der Waals surface area (Å²) >= 11 is 0. The van der Waals surface area contributed by atoms with E-state index in [0.29, 0.717) is 18.1 Å². The van der Waals surface area contributed by atoms with Gasteiger partial charge in [-0.1, -0.05) is 13.8 Å². The maximum absolute atomic E-state index is 11.8. The third-order valence-electron chi connectivity index (χ3n) is 3.45. The Morgan fingerprint density at radius 2 is 1.67 bits per heavy atom. The van der Waals surface area contributed by atoms with Crippen LogP contribution in [0.15, 0.2) is 42.5 Å². The van der Waals surface area contributed by atoms with Crippen LogP contribution < -0.4 is 20.1 Å². The number of hydrogen-bond donors (Lipinski definition) is 2. The molecule has 24 heavy (non-hydrogen) atoms. The van der Waals surface area contributed by atoms with Gasteiger partial charge in [-0.05, 0) is 42.3 Å². The van der Waals surface area contributed by atoms with Gasteiger partial charge in [-0.25, -0.2) is 0 Å². The van der Waals surface area contributed by atoms with E-state index in [4.69, 9.17) is 9.47 Å². The first kappa shape index (κ1) is 17.7. The van der Waals surface area contributed by atoms with Crippen molar-refractivity contribution in [3.05, 3.63) is 42.5 Å². The van der Waals surface area contributed by atoms with Crippen LogP contribution in [0.25, 0.3) is 0 Å². The molecule has 0 spiro atoms.